The predicted octanol–water partition coefficient (Wildman–Crippen LogP) is 2.15. The molecule has 0 aliphatic rings. The van der Waals surface area contributed by atoms with Crippen molar-refractivity contribution in [1.82, 2.24) is 5.32 Å². The van der Waals surface area contributed by atoms with E-state index in [1.54, 1.807) is 6.92 Å². The number of carbonyl (C=O) groups excluding carboxylic acids is 1. The van der Waals surface area contributed by atoms with Gasteiger partial charge in [0.05, 0.1) is 5.54 Å². The summed E-state index contributed by atoms with van der Waals surface area (Å²) in [4.78, 5) is 11.7. The van der Waals surface area contributed by atoms with Crippen LogP contribution in [-0.2, 0) is 4.79 Å². The average Bonchev–Trinajstić information content (AvgIpc) is 2.22. The van der Waals surface area contributed by atoms with Crippen molar-refractivity contribution in [3.05, 3.63) is 0 Å². The van der Waals surface area contributed by atoms with E-state index in [2.05, 4.69) is 11.6 Å². The first-order valence-corrected chi connectivity index (χ1v) is 7.50. The van der Waals surface area contributed by atoms with Crippen LogP contribution in [0.3, 0.4) is 0 Å². The Kier molecular flexibility index (Phi) is 8.76. The van der Waals surface area contributed by atoms with Gasteiger partial charge in [0.25, 0.3) is 0 Å². The number of carbonyl (C=O) groups is 1. The third-order valence-corrected chi connectivity index (χ3v) is 3.30. The summed E-state index contributed by atoms with van der Waals surface area (Å²) in [7, 11) is 0. The molecule has 96 valence electrons. The number of thioether (sulfide) groups is 1. The zero-order valence-corrected chi connectivity index (χ0v) is 11.7. The van der Waals surface area contributed by atoms with Crippen LogP contribution in [0.4, 0.5) is 0 Å². The Hall–Kier alpha value is -0.220. The van der Waals surface area contributed by atoms with Gasteiger partial charge in [-0.25, -0.2) is 0 Å². The summed E-state index contributed by atoms with van der Waals surface area (Å²) in [6.45, 7) is 4.60. The third kappa shape index (κ3) is 7.12. The number of amides is 1. The number of nitrogens with one attached hydrogen (secondary N) is 1. The summed E-state index contributed by atoms with van der Waals surface area (Å²) >= 11 is 1.87. The molecule has 0 heterocycles. The molecule has 0 saturated carbocycles. The first-order valence-electron chi connectivity index (χ1n) is 6.10. The highest BCUT2D eigenvalue weighted by atomic mass is 32.2. The molecule has 4 heteroatoms. The molecule has 0 aromatic rings. The summed E-state index contributed by atoms with van der Waals surface area (Å²) in [5, 5.41) is 2.91. The van der Waals surface area contributed by atoms with Gasteiger partial charge in [-0.05, 0) is 38.2 Å². The maximum atomic E-state index is 11.7. The van der Waals surface area contributed by atoms with Gasteiger partial charge in [0, 0.05) is 6.54 Å². The summed E-state index contributed by atoms with van der Waals surface area (Å²) in [6, 6.07) is 0. The number of rotatable bonds is 9. The molecule has 0 aromatic heterocycles. The van der Waals surface area contributed by atoms with Gasteiger partial charge in [-0.2, -0.15) is 11.8 Å². The number of unbranched alkanes of at least 4 members (excludes halogenated alkanes) is 2. The minimum absolute atomic E-state index is 0.0146. The second kappa shape index (κ2) is 8.88. The highest BCUT2D eigenvalue weighted by Crippen LogP contribution is 2.08. The van der Waals surface area contributed by atoms with E-state index in [1.807, 2.05) is 18.7 Å². The zero-order valence-electron chi connectivity index (χ0n) is 10.8. The predicted molar refractivity (Wildman–Crippen MR) is 72.7 cm³/mol. The van der Waals surface area contributed by atoms with Crippen molar-refractivity contribution in [3.8, 4) is 0 Å². The first-order chi connectivity index (χ1) is 7.54. The van der Waals surface area contributed by atoms with Crippen LogP contribution in [0.2, 0.25) is 0 Å². The zero-order chi connectivity index (χ0) is 12.4. The van der Waals surface area contributed by atoms with Crippen LogP contribution < -0.4 is 11.1 Å². The maximum Gasteiger partial charge on any atom is 0.239 e. The summed E-state index contributed by atoms with van der Waals surface area (Å²) < 4.78 is 0. The van der Waals surface area contributed by atoms with E-state index < -0.39 is 5.54 Å². The quantitative estimate of drug-likeness (QED) is 0.613. The molecule has 0 fully saturated rings. The Morgan fingerprint density at radius 3 is 2.62 bits per heavy atom. The van der Waals surface area contributed by atoms with Crippen LogP contribution in [-0.4, -0.2) is 30.0 Å². The molecule has 0 bridgehead atoms. The second-order valence-corrected chi connectivity index (χ2v) is 5.46. The molecule has 0 saturated heterocycles. The molecule has 0 rings (SSSR count). The van der Waals surface area contributed by atoms with Crippen molar-refractivity contribution >= 4 is 17.7 Å². The molecule has 1 amide bonds. The van der Waals surface area contributed by atoms with Gasteiger partial charge in [-0.3, -0.25) is 4.79 Å². The van der Waals surface area contributed by atoms with Gasteiger partial charge in [-0.1, -0.05) is 19.8 Å². The van der Waals surface area contributed by atoms with Crippen LogP contribution in [0.25, 0.3) is 0 Å². The molecule has 0 radical (unpaired) electrons. The lowest BCUT2D eigenvalue weighted by atomic mass is 9.96. The van der Waals surface area contributed by atoms with Crippen molar-refractivity contribution < 1.29 is 4.79 Å². The Balaban J connectivity index is 3.57. The molecule has 0 aliphatic carbocycles. The van der Waals surface area contributed by atoms with Crippen molar-refractivity contribution in [2.24, 2.45) is 5.73 Å². The minimum Gasteiger partial charge on any atom is -0.355 e. The second-order valence-electron chi connectivity index (χ2n) is 4.48. The maximum absolute atomic E-state index is 11.7. The van der Waals surface area contributed by atoms with Crippen LogP contribution in [0.1, 0.15) is 46.0 Å². The van der Waals surface area contributed by atoms with E-state index in [-0.39, 0.29) is 5.91 Å². The number of hydrogen-bond donors (Lipinski definition) is 2. The van der Waals surface area contributed by atoms with Crippen molar-refractivity contribution in [1.29, 1.82) is 0 Å². The SMILES string of the molecule is CCCC(C)(N)C(=O)NCCCCCSC. The molecular formula is C12H26N2OS. The van der Waals surface area contributed by atoms with Gasteiger partial charge in [0.2, 0.25) is 5.91 Å². The number of nitrogens with two attached hydrogens (primary N) is 1. The molecule has 0 aliphatic heterocycles. The Morgan fingerprint density at radius 1 is 1.38 bits per heavy atom. The van der Waals surface area contributed by atoms with Crippen LogP contribution in [0.15, 0.2) is 0 Å². The smallest absolute Gasteiger partial charge is 0.239 e. The standard InChI is InChI=1S/C12H26N2OS/c1-4-8-12(2,13)11(15)14-9-6-5-7-10-16-3/h4-10,13H2,1-3H3,(H,14,15). The molecule has 1 unspecified atom stereocenters. The van der Waals surface area contributed by atoms with E-state index in [4.69, 9.17) is 5.73 Å². The largest absolute Gasteiger partial charge is 0.355 e. The van der Waals surface area contributed by atoms with Crippen LogP contribution in [0.5, 0.6) is 0 Å². The lowest BCUT2D eigenvalue weighted by molar-refractivity contribution is -0.126. The van der Waals surface area contributed by atoms with E-state index in [0.29, 0.717) is 0 Å². The van der Waals surface area contributed by atoms with Crippen LogP contribution >= 0.6 is 11.8 Å². The van der Waals surface area contributed by atoms with Gasteiger partial charge < -0.3 is 11.1 Å². The molecular weight excluding hydrogens is 220 g/mol. The highest BCUT2D eigenvalue weighted by Gasteiger charge is 2.26. The normalized spacial score (nSPS) is 14.5. The van der Waals surface area contributed by atoms with Gasteiger partial charge >= 0.3 is 0 Å². The van der Waals surface area contributed by atoms with Gasteiger partial charge in [-0.15, -0.1) is 0 Å². The van der Waals surface area contributed by atoms with Gasteiger partial charge in [0.1, 0.15) is 0 Å². The molecule has 0 spiro atoms. The summed E-state index contributed by atoms with van der Waals surface area (Å²) in [5.41, 5.74) is 5.22. The lowest BCUT2D eigenvalue weighted by Crippen LogP contribution is -2.51. The monoisotopic (exact) mass is 246 g/mol. The van der Waals surface area contributed by atoms with Crippen molar-refractivity contribution in [2.45, 2.75) is 51.5 Å². The highest BCUT2D eigenvalue weighted by molar-refractivity contribution is 7.98. The lowest BCUT2D eigenvalue weighted by Gasteiger charge is -2.22. The fourth-order valence-electron chi connectivity index (χ4n) is 1.58. The molecule has 3 N–H and O–H groups in total. The fraction of sp³-hybridized carbons (Fsp3) is 0.917. The summed E-state index contributed by atoms with van der Waals surface area (Å²) in [6.07, 6.45) is 7.25. The third-order valence-electron chi connectivity index (χ3n) is 2.60. The minimum atomic E-state index is -0.700. The Morgan fingerprint density at radius 2 is 2.06 bits per heavy atom. The van der Waals surface area contributed by atoms with E-state index in [0.717, 1.165) is 25.8 Å². The molecule has 16 heavy (non-hydrogen) atoms. The fourth-order valence-corrected chi connectivity index (χ4v) is 2.08. The molecule has 1 atom stereocenters. The molecule has 0 aromatic carbocycles. The topological polar surface area (TPSA) is 55.1 Å². The summed E-state index contributed by atoms with van der Waals surface area (Å²) in [5.74, 6) is 1.19. The van der Waals surface area contributed by atoms with E-state index >= 15 is 0 Å². The van der Waals surface area contributed by atoms with Gasteiger partial charge in [0.15, 0.2) is 0 Å². The first kappa shape index (κ1) is 15.8. The van der Waals surface area contributed by atoms with Crippen molar-refractivity contribution in [3.63, 3.8) is 0 Å². The van der Waals surface area contributed by atoms with Crippen molar-refractivity contribution in [2.75, 3.05) is 18.6 Å². The molecule has 3 nitrogen and oxygen atoms in total. The van der Waals surface area contributed by atoms with E-state index in [9.17, 15) is 4.79 Å². The average molecular weight is 246 g/mol. The van der Waals surface area contributed by atoms with Crippen LogP contribution in [0, 0.1) is 0 Å². The van der Waals surface area contributed by atoms with E-state index in [1.165, 1.54) is 18.6 Å². The Labute approximate surface area is 104 Å². The Bertz CT molecular complexity index is 195. The number of hydrogen-bond acceptors (Lipinski definition) is 3.